The standard InChI is InChI=1S/C27H40NO16P/c1-3-40-45(37,41-4-2)12-9-16-18(30)20(32)22(34)26(42-16)44-23-21(33)19(31)17(13-29)43-27(23)38-10-11-39-28-24(35)14-7-5-6-8-15(14)25(28)36/h5-8,16-23,26-27,29-34H,3-4,9-13H2,1-2H3/t16?,17?,18-,19-,20?,21?,22?,23?,26-,27+/m1/s1. The summed E-state index contributed by atoms with van der Waals surface area (Å²) in [7, 11) is -3.56. The van der Waals surface area contributed by atoms with Gasteiger partial charge in [0.2, 0.25) is 0 Å². The third kappa shape index (κ3) is 7.97. The van der Waals surface area contributed by atoms with Crippen LogP contribution in [0.2, 0.25) is 0 Å². The Balaban J connectivity index is 1.41. The minimum absolute atomic E-state index is 0.0971. The number of hydrogen-bond acceptors (Lipinski definition) is 16. The third-order valence-corrected chi connectivity index (χ3v) is 9.58. The zero-order valence-electron chi connectivity index (χ0n) is 24.7. The van der Waals surface area contributed by atoms with Crippen LogP contribution in [-0.2, 0) is 37.4 Å². The number of nitrogens with zero attached hydrogens (tertiary/aromatic N) is 1. The molecule has 0 aliphatic carbocycles. The van der Waals surface area contributed by atoms with Gasteiger partial charge in [-0.15, -0.1) is 5.06 Å². The molecule has 4 rings (SSSR count). The molecule has 2 saturated heterocycles. The molecule has 6 N–H and O–H groups in total. The Bertz CT molecular complexity index is 1160. The molecule has 0 saturated carbocycles. The molecule has 3 aliphatic rings. The fourth-order valence-corrected chi connectivity index (χ4v) is 6.87. The van der Waals surface area contributed by atoms with E-state index in [4.69, 9.17) is 32.8 Å². The van der Waals surface area contributed by atoms with Gasteiger partial charge >= 0.3 is 7.60 Å². The van der Waals surface area contributed by atoms with Crippen LogP contribution in [0.1, 0.15) is 41.0 Å². The van der Waals surface area contributed by atoms with E-state index in [1.54, 1.807) is 26.0 Å². The topological polar surface area (TPSA) is 240 Å². The van der Waals surface area contributed by atoms with Crippen molar-refractivity contribution in [1.82, 2.24) is 5.06 Å². The van der Waals surface area contributed by atoms with Crippen LogP contribution in [-0.4, -0.2) is 148 Å². The van der Waals surface area contributed by atoms with E-state index in [1.165, 1.54) is 12.1 Å². The molecule has 3 heterocycles. The second-order valence-electron chi connectivity index (χ2n) is 10.4. The minimum atomic E-state index is -3.56. The molecule has 17 nitrogen and oxygen atoms in total. The lowest BCUT2D eigenvalue weighted by Gasteiger charge is -2.46. The summed E-state index contributed by atoms with van der Waals surface area (Å²) < 4.78 is 46.0. The Labute approximate surface area is 258 Å². The second kappa shape index (κ2) is 15.8. The lowest BCUT2D eigenvalue weighted by atomic mass is 9.96. The average Bonchev–Trinajstić information content (AvgIpc) is 3.26. The normalized spacial score (nSPS) is 33.9. The fourth-order valence-electron chi connectivity index (χ4n) is 5.18. The Kier molecular flexibility index (Phi) is 12.6. The van der Waals surface area contributed by atoms with Crippen LogP contribution in [0.4, 0.5) is 0 Å². The molecule has 1 aromatic rings. The van der Waals surface area contributed by atoms with E-state index in [0.29, 0.717) is 5.06 Å². The summed E-state index contributed by atoms with van der Waals surface area (Å²) >= 11 is 0. The molecule has 0 spiro atoms. The zero-order chi connectivity index (χ0) is 32.9. The summed E-state index contributed by atoms with van der Waals surface area (Å²) in [6, 6.07) is 6.16. The first kappa shape index (κ1) is 35.9. The molecule has 254 valence electrons. The predicted molar refractivity (Wildman–Crippen MR) is 149 cm³/mol. The molecule has 0 bridgehead atoms. The quantitative estimate of drug-likeness (QED) is 0.0711. The molecule has 0 radical (unpaired) electrons. The first-order chi connectivity index (χ1) is 21.5. The largest absolute Gasteiger partial charge is 0.394 e. The van der Waals surface area contributed by atoms with Crippen molar-refractivity contribution >= 4 is 19.4 Å². The molecule has 6 unspecified atom stereocenters. The number of fused-ring (bicyclic) bond motifs is 1. The van der Waals surface area contributed by atoms with Crippen molar-refractivity contribution < 1.29 is 77.6 Å². The molecule has 10 atom stereocenters. The first-order valence-electron chi connectivity index (χ1n) is 14.5. The summed E-state index contributed by atoms with van der Waals surface area (Å²) in [6.07, 6.45) is -16.4. The lowest BCUT2D eigenvalue weighted by Crippen LogP contribution is -2.64. The smallest absolute Gasteiger partial charge is 0.330 e. The highest BCUT2D eigenvalue weighted by atomic mass is 31.2. The Morgan fingerprint density at radius 1 is 0.800 bits per heavy atom. The van der Waals surface area contributed by atoms with Crippen LogP contribution in [0.25, 0.3) is 0 Å². The summed E-state index contributed by atoms with van der Waals surface area (Å²) in [5.41, 5.74) is 0.344. The highest BCUT2D eigenvalue weighted by molar-refractivity contribution is 7.53. The second-order valence-corrected chi connectivity index (χ2v) is 12.6. The summed E-state index contributed by atoms with van der Waals surface area (Å²) in [4.78, 5) is 30.3. The van der Waals surface area contributed by atoms with Crippen molar-refractivity contribution in [2.45, 2.75) is 81.7 Å². The molecular weight excluding hydrogens is 625 g/mol. The summed E-state index contributed by atoms with van der Waals surface area (Å²) in [5, 5.41) is 63.2. The molecule has 0 aromatic heterocycles. The molecule has 1 aromatic carbocycles. The SMILES string of the molecule is CCOP(=O)(CCC1O[C@H](OC2C(O)[C@H](O)C(CO)O[C@@H]2OCCON2C(=O)c3ccccc3C2=O)C(O)C(O)[C@@H]1O)OCC. The van der Waals surface area contributed by atoms with Gasteiger partial charge in [-0.2, -0.15) is 0 Å². The number of ether oxygens (including phenoxy) is 4. The molecule has 3 aliphatic heterocycles. The number of imide groups is 1. The van der Waals surface area contributed by atoms with E-state index >= 15 is 0 Å². The fraction of sp³-hybridized carbons (Fsp3) is 0.704. The van der Waals surface area contributed by atoms with Crippen LogP contribution in [0, 0.1) is 0 Å². The van der Waals surface area contributed by atoms with E-state index in [2.05, 4.69) is 0 Å². The van der Waals surface area contributed by atoms with E-state index in [-0.39, 0.29) is 50.1 Å². The van der Waals surface area contributed by atoms with Crippen LogP contribution in [0.5, 0.6) is 0 Å². The zero-order valence-corrected chi connectivity index (χ0v) is 25.6. The average molecular weight is 666 g/mol. The molecule has 18 heteroatoms. The first-order valence-corrected chi connectivity index (χ1v) is 16.3. The van der Waals surface area contributed by atoms with Crippen molar-refractivity contribution in [3.05, 3.63) is 35.4 Å². The molecule has 2 fully saturated rings. The number of aliphatic hydroxyl groups is 6. The van der Waals surface area contributed by atoms with Gasteiger partial charge in [0.05, 0.1) is 56.4 Å². The Hall–Kier alpha value is -1.93. The van der Waals surface area contributed by atoms with Gasteiger partial charge in [-0.1, -0.05) is 12.1 Å². The van der Waals surface area contributed by atoms with Crippen molar-refractivity contribution in [2.75, 3.05) is 39.2 Å². The predicted octanol–water partition coefficient (Wildman–Crippen LogP) is -1.48. The van der Waals surface area contributed by atoms with E-state index in [0.717, 1.165) is 0 Å². The number of hydrogen-bond donors (Lipinski definition) is 6. The van der Waals surface area contributed by atoms with Gasteiger partial charge in [0.15, 0.2) is 12.6 Å². The van der Waals surface area contributed by atoms with Crippen LogP contribution in [0.15, 0.2) is 24.3 Å². The number of hydroxylamine groups is 2. The maximum absolute atomic E-state index is 12.9. The minimum Gasteiger partial charge on any atom is -0.394 e. The summed E-state index contributed by atoms with van der Waals surface area (Å²) in [5.74, 6) is -1.33. The van der Waals surface area contributed by atoms with Gasteiger partial charge in [0, 0.05) is 0 Å². The third-order valence-electron chi connectivity index (χ3n) is 7.47. The number of aliphatic hydroxyl groups excluding tert-OH is 6. The van der Waals surface area contributed by atoms with E-state index in [1.807, 2.05) is 0 Å². The van der Waals surface area contributed by atoms with E-state index in [9.17, 15) is 44.8 Å². The Morgan fingerprint density at radius 2 is 1.38 bits per heavy atom. The highest BCUT2D eigenvalue weighted by Gasteiger charge is 2.51. The number of rotatable bonds is 15. The number of benzene rings is 1. The van der Waals surface area contributed by atoms with Gasteiger partial charge in [-0.3, -0.25) is 19.0 Å². The van der Waals surface area contributed by atoms with Crippen molar-refractivity contribution in [3.8, 4) is 0 Å². The van der Waals surface area contributed by atoms with Gasteiger partial charge < -0.3 is 58.6 Å². The van der Waals surface area contributed by atoms with Crippen LogP contribution in [0.3, 0.4) is 0 Å². The van der Waals surface area contributed by atoms with Crippen molar-refractivity contribution in [3.63, 3.8) is 0 Å². The van der Waals surface area contributed by atoms with E-state index < -0.39 is 87.4 Å². The molecule has 2 amide bonds. The maximum Gasteiger partial charge on any atom is 0.330 e. The lowest BCUT2D eigenvalue weighted by molar-refractivity contribution is -0.367. The summed E-state index contributed by atoms with van der Waals surface area (Å²) in [6.45, 7) is 2.04. The monoisotopic (exact) mass is 665 g/mol. The number of amides is 2. The Morgan fingerprint density at radius 3 is 1.96 bits per heavy atom. The van der Waals surface area contributed by atoms with Crippen LogP contribution >= 0.6 is 7.60 Å². The van der Waals surface area contributed by atoms with Gasteiger partial charge in [-0.25, -0.2) is 0 Å². The van der Waals surface area contributed by atoms with Crippen molar-refractivity contribution in [1.29, 1.82) is 0 Å². The maximum atomic E-state index is 12.9. The highest BCUT2D eigenvalue weighted by Crippen LogP contribution is 2.49. The molecular formula is C27H40NO16P. The number of carbonyl (C=O) groups excluding carboxylic acids is 2. The molecule has 45 heavy (non-hydrogen) atoms. The van der Waals surface area contributed by atoms with Crippen molar-refractivity contribution in [2.24, 2.45) is 0 Å². The van der Waals surface area contributed by atoms with Gasteiger partial charge in [-0.05, 0) is 32.4 Å². The van der Waals surface area contributed by atoms with Crippen LogP contribution < -0.4 is 0 Å². The number of carbonyl (C=O) groups is 2. The van der Waals surface area contributed by atoms with Gasteiger partial charge in [0.25, 0.3) is 11.8 Å². The van der Waals surface area contributed by atoms with Gasteiger partial charge in [0.1, 0.15) is 42.7 Å².